The summed E-state index contributed by atoms with van der Waals surface area (Å²) in [6.07, 6.45) is 1.24. The lowest BCUT2D eigenvalue weighted by Crippen LogP contribution is -2.51. The zero-order valence-electron chi connectivity index (χ0n) is 11.8. The van der Waals surface area contributed by atoms with Gasteiger partial charge in [-0.05, 0) is 37.4 Å². The van der Waals surface area contributed by atoms with Crippen LogP contribution in [0.5, 0.6) is 0 Å². The molecule has 1 fully saturated rings. The number of likely N-dealkylation sites (N-methyl/N-ethyl adjacent to an activating group) is 1. The van der Waals surface area contributed by atoms with Gasteiger partial charge in [-0.1, -0.05) is 31.2 Å². The Hall–Kier alpha value is -1.37. The van der Waals surface area contributed by atoms with Crippen molar-refractivity contribution in [3.63, 3.8) is 0 Å². The van der Waals surface area contributed by atoms with E-state index in [2.05, 4.69) is 43.0 Å². The van der Waals surface area contributed by atoms with E-state index in [1.54, 1.807) is 0 Å². The lowest BCUT2D eigenvalue weighted by Gasteiger charge is -2.43. The molecule has 3 heteroatoms. The minimum atomic E-state index is -0.654. The topological polar surface area (TPSA) is 47.3 Å². The summed E-state index contributed by atoms with van der Waals surface area (Å²) in [5, 5.41) is 19.2. The molecule has 0 heterocycles. The summed E-state index contributed by atoms with van der Waals surface area (Å²) in [5.41, 5.74) is 1.94. The van der Waals surface area contributed by atoms with E-state index in [-0.39, 0.29) is 5.92 Å². The smallest absolute Gasteiger partial charge is 0.0799 e. The highest BCUT2D eigenvalue weighted by molar-refractivity contribution is 5.25. The number of hydrogen-bond donors (Lipinski definition) is 1. The Labute approximate surface area is 115 Å². The number of rotatable bonds is 5. The average molecular weight is 258 g/mol. The summed E-state index contributed by atoms with van der Waals surface area (Å²) in [4.78, 5) is 2.26. The monoisotopic (exact) mass is 258 g/mol. The Balaban J connectivity index is 1.95. The number of benzene rings is 1. The van der Waals surface area contributed by atoms with Gasteiger partial charge in [-0.2, -0.15) is 5.26 Å². The van der Waals surface area contributed by atoms with Crippen LogP contribution >= 0.6 is 0 Å². The molecule has 102 valence electrons. The molecule has 3 nitrogen and oxygen atoms in total. The summed E-state index contributed by atoms with van der Waals surface area (Å²) < 4.78 is 0. The molecule has 19 heavy (non-hydrogen) atoms. The van der Waals surface area contributed by atoms with Crippen LogP contribution in [0.2, 0.25) is 0 Å². The van der Waals surface area contributed by atoms with Crippen LogP contribution < -0.4 is 0 Å². The number of hydrogen-bond acceptors (Lipinski definition) is 3. The second-order valence-electron chi connectivity index (χ2n) is 5.69. The molecule has 0 bridgehead atoms. The molecule has 0 aliphatic heterocycles. The third kappa shape index (κ3) is 3.34. The highest BCUT2D eigenvalue weighted by Crippen LogP contribution is 2.38. The Morgan fingerprint density at radius 1 is 1.42 bits per heavy atom. The van der Waals surface area contributed by atoms with Gasteiger partial charge in [-0.25, -0.2) is 0 Å². The van der Waals surface area contributed by atoms with Gasteiger partial charge in [0.15, 0.2) is 0 Å². The van der Waals surface area contributed by atoms with Gasteiger partial charge in [0.1, 0.15) is 0 Å². The van der Waals surface area contributed by atoms with Crippen LogP contribution in [-0.4, -0.2) is 28.7 Å². The maximum atomic E-state index is 10.4. The Morgan fingerprint density at radius 2 is 2.11 bits per heavy atom. The molecule has 1 aliphatic rings. The SMILES string of the molecule is CCN(Cc1ccccc1C)CC1(O)CC(C#N)C1. The molecule has 1 aromatic carbocycles. The number of aryl methyl sites for hydroxylation is 1. The first-order valence-corrected chi connectivity index (χ1v) is 6.95. The van der Waals surface area contributed by atoms with E-state index < -0.39 is 5.60 Å². The summed E-state index contributed by atoms with van der Waals surface area (Å²) >= 11 is 0. The van der Waals surface area contributed by atoms with Crippen LogP contribution in [0.1, 0.15) is 30.9 Å². The molecule has 0 unspecified atom stereocenters. The molecule has 1 aliphatic carbocycles. The highest BCUT2D eigenvalue weighted by atomic mass is 16.3. The van der Waals surface area contributed by atoms with E-state index in [0.29, 0.717) is 19.4 Å². The molecular weight excluding hydrogens is 236 g/mol. The van der Waals surface area contributed by atoms with E-state index in [1.165, 1.54) is 11.1 Å². The third-order valence-corrected chi connectivity index (χ3v) is 4.06. The van der Waals surface area contributed by atoms with Crippen molar-refractivity contribution in [1.82, 2.24) is 4.90 Å². The van der Waals surface area contributed by atoms with Crippen LogP contribution in [-0.2, 0) is 6.54 Å². The van der Waals surface area contributed by atoms with Crippen LogP contribution in [0.3, 0.4) is 0 Å². The van der Waals surface area contributed by atoms with Crippen molar-refractivity contribution in [3.05, 3.63) is 35.4 Å². The van der Waals surface area contributed by atoms with Gasteiger partial charge in [0.2, 0.25) is 0 Å². The lowest BCUT2D eigenvalue weighted by molar-refractivity contribution is -0.0796. The molecule has 1 N–H and O–H groups in total. The van der Waals surface area contributed by atoms with Crippen molar-refractivity contribution in [2.45, 2.75) is 38.8 Å². The largest absolute Gasteiger partial charge is 0.388 e. The van der Waals surface area contributed by atoms with Crippen molar-refractivity contribution < 1.29 is 5.11 Å². The van der Waals surface area contributed by atoms with Crippen molar-refractivity contribution in [1.29, 1.82) is 5.26 Å². The fourth-order valence-electron chi connectivity index (χ4n) is 2.80. The minimum Gasteiger partial charge on any atom is -0.388 e. The normalized spacial score (nSPS) is 25.9. The number of aliphatic hydroxyl groups is 1. The first-order chi connectivity index (χ1) is 9.06. The zero-order chi connectivity index (χ0) is 13.9. The predicted octanol–water partition coefficient (Wildman–Crippen LogP) is 2.48. The van der Waals surface area contributed by atoms with Crippen molar-refractivity contribution in [3.8, 4) is 6.07 Å². The van der Waals surface area contributed by atoms with Gasteiger partial charge in [0.25, 0.3) is 0 Å². The maximum Gasteiger partial charge on any atom is 0.0799 e. The summed E-state index contributed by atoms with van der Waals surface area (Å²) in [7, 11) is 0. The van der Waals surface area contributed by atoms with Gasteiger partial charge < -0.3 is 5.11 Å². The predicted molar refractivity (Wildman–Crippen MR) is 75.4 cm³/mol. The fraction of sp³-hybridized carbons (Fsp3) is 0.562. The number of nitriles is 1. The molecule has 0 radical (unpaired) electrons. The molecule has 1 saturated carbocycles. The first-order valence-electron chi connectivity index (χ1n) is 6.95. The van der Waals surface area contributed by atoms with Crippen molar-refractivity contribution in [2.24, 2.45) is 5.92 Å². The standard InChI is InChI=1S/C16H22N2O/c1-3-18(11-15-7-5-4-6-13(15)2)12-16(19)8-14(9-16)10-17/h4-7,14,19H,3,8-9,11-12H2,1-2H3. The second kappa shape index (κ2) is 5.73. The first kappa shape index (κ1) is 14.0. The van der Waals surface area contributed by atoms with Gasteiger partial charge >= 0.3 is 0 Å². The fourth-order valence-corrected chi connectivity index (χ4v) is 2.80. The van der Waals surface area contributed by atoms with E-state index in [0.717, 1.165) is 13.1 Å². The Kier molecular flexibility index (Phi) is 4.24. The van der Waals surface area contributed by atoms with Gasteiger partial charge in [-0.15, -0.1) is 0 Å². The molecule has 0 saturated heterocycles. The molecule has 0 atom stereocenters. The second-order valence-corrected chi connectivity index (χ2v) is 5.69. The maximum absolute atomic E-state index is 10.4. The Morgan fingerprint density at radius 3 is 2.68 bits per heavy atom. The van der Waals surface area contributed by atoms with E-state index >= 15 is 0 Å². The minimum absolute atomic E-state index is 0.0437. The highest BCUT2D eigenvalue weighted by Gasteiger charge is 2.43. The molecular formula is C16H22N2O. The lowest BCUT2D eigenvalue weighted by atomic mass is 9.71. The van der Waals surface area contributed by atoms with E-state index in [4.69, 9.17) is 5.26 Å². The average Bonchev–Trinajstić information content (AvgIpc) is 2.37. The van der Waals surface area contributed by atoms with Crippen LogP contribution in [0.4, 0.5) is 0 Å². The van der Waals surface area contributed by atoms with Crippen LogP contribution in [0, 0.1) is 24.2 Å². The van der Waals surface area contributed by atoms with E-state index in [1.807, 2.05) is 6.07 Å². The number of nitrogens with zero attached hydrogens (tertiary/aromatic N) is 2. The molecule has 0 amide bonds. The van der Waals surface area contributed by atoms with Gasteiger partial charge in [0.05, 0.1) is 17.6 Å². The molecule has 2 rings (SSSR count). The third-order valence-electron chi connectivity index (χ3n) is 4.06. The van der Waals surface area contributed by atoms with Crippen LogP contribution in [0.15, 0.2) is 24.3 Å². The Bertz CT molecular complexity index is 472. The summed E-state index contributed by atoms with van der Waals surface area (Å²) in [6, 6.07) is 10.6. The quantitative estimate of drug-likeness (QED) is 0.882. The van der Waals surface area contributed by atoms with Gasteiger partial charge in [0, 0.05) is 13.1 Å². The van der Waals surface area contributed by atoms with E-state index in [9.17, 15) is 5.11 Å². The molecule has 0 aromatic heterocycles. The summed E-state index contributed by atoms with van der Waals surface area (Å²) in [6.45, 7) is 6.67. The zero-order valence-corrected chi connectivity index (χ0v) is 11.8. The molecule has 1 aromatic rings. The summed E-state index contributed by atoms with van der Waals surface area (Å²) in [5.74, 6) is 0.0437. The van der Waals surface area contributed by atoms with Gasteiger partial charge in [-0.3, -0.25) is 4.90 Å². The molecule has 0 spiro atoms. The van der Waals surface area contributed by atoms with Crippen LogP contribution in [0.25, 0.3) is 0 Å². The van der Waals surface area contributed by atoms with Crippen molar-refractivity contribution >= 4 is 0 Å². The van der Waals surface area contributed by atoms with Crippen molar-refractivity contribution in [2.75, 3.05) is 13.1 Å².